The number of likely N-dealkylation sites (tertiary alicyclic amines) is 1. The molecule has 88 valence electrons. The quantitative estimate of drug-likeness (QED) is 0.855. The summed E-state index contributed by atoms with van der Waals surface area (Å²) in [5, 5.41) is 0. The molecule has 1 saturated heterocycles. The van der Waals surface area contributed by atoms with Crippen molar-refractivity contribution < 1.29 is 4.79 Å². The van der Waals surface area contributed by atoms with E-state index in [9.17, 15) is 4.79 Å². The number of likely N-dealkylation sites (N-methyl/N-ethyl adjacent to an activating group) is 1. The van der Waals surface area contributed by atoms with Crippen LogP contribution < -0.4 is 0 Å². The van der Waals surface area contributed by atoms with Gasteiger partial charge < -0.3 is 9.88 Å². The number of carbonyl (C=O) groups is 1. The first-order valence-corrected chi connectivity index (χ1v) is 6.00. The summed E-state index contributed by atoms with van der Waals surface area (Å²) in [6.45, 7) is 3.59. The lowest BCUT2D eigenvalue weighted by molar-refractivity contribution is -0.127. The molecule has 1 aromatic heterocycles. The molecule has 4 nitrogen and oxygen atoms in total. The molecule has 3 rings (SSSR count). The highest BCUT2D eigenvalue weighted by molar-refractivity contribution is 5.80. The number of H-pyrrole nitrogens is 1. The molecule has 0 saturated carbocycles. The SMILES string of the molecule is CCN1C[C@@H](c2nc3ccccc3[nH]2)CC1=O. The highest BCUT2D eigenvalue weighted by Gasteiger charge is 2.31. The van der Waals surface area contributed by atoms with Gasteiger partial charge in [-0.1, -0.05) is 12.1 Å². The van der Waals surface area contributed by atoms with E-state index in [-0.39, 0.29) is 11.8 Å². The monoisotopic (exact) mass is 229 g/mol. The normalized spacial score (nSPS) is 20.4. The Balaban J connectivity index is 1.92. The number of nitrogens with one attached hydrogen (secondary N) is 1. The minimum absolute atomic E-state index is 0.217. The van der Waals surface area contributed by atoms with E-state index in [0.717, 1.165) is 29.9 Å². The highest BCUT2D eigenvalue weighted by Crippen LogP contribution is 2.27. The number of benzene rings is 1. The van der Waals surface area contributed by atoms with E-state index in [1.807, 2.05) is 36.1 Å². The Hall–Kier alpha value is -1.84. The number of rotatable bonds is 2. The first kappa shape index (κ1) is 10.3. The van der Waals surface area contributed by atoms with Gasteiger partial charge in [0.25, 0.3) is 0 Å². The molecule has 1 aliphatic heterocycles. The van der Waals surface area contributed by atoms with E-state index in [0.29, 0.717) is 6.42 Å². The predicted molar refractivity (Wildman–Crippen MR) is 65.7 cm³/mol. The second kappa shape index (κ2) is 3.87. The van der Waals surface area contributed by atoms with Crippen LogP contribution in [0.3, 0.4) is 0 Å². The molecule has 1 aromatic carbocycles. The molecule has 0 spiro atoms. The van der Waals surface area contributed by atoms with Crippen LogP contribution in [-0.2, 0) is 4.79 Å². The van der Waals surface area contributed by atoms with Gasteiger partial charge in [0.2, 0.25) is 5.91 Å². The van der Waals surface area contributed by atoms with Gasteiger partial charge in [-0.15, -0.1) is 0 Å². The van der Waals surface area contributed by atoms with Crippen LogP contribution >= 0.6 is 0 Å². The van der Waals surface area contributed by atoms with Gasteiger partial charge in [0.1, 0.15) is 5.82 Å². The zero-order valence-corrected chi connectivity index (χ0v) is 9.81. The fraction of sp³-hybridized carbons (Fsp3) is 0.385. The van der Waals surface area contributed by atoms with Crippen LogP contribution in [0.2, 0.25) is 0 Å². The van der Waals surface area contributed by atoms with Crippen molar-refractivity contribution in [1.82, 2.24) is 14.9 Å². The van der Waals surface area contributed by atoms with E-state index >= 15 is 0 Å². The zero-order chi connectivity index (χ0) is 11.8. The minimum Gasteiger partial charge on any atom is -0.342 e. The average molecular weight is 229 g/mol. The Morgan fingerprint density at radius 3 is 3.00 bits per heavy atom. The summed E-state index contributed by atoms with van der Waals surface area (Å²) >= 11 is 0. The molecule has 1 fully saturated rings. The molecule has 2 heterocycles. The van der Waals surface area contributed by atoms with Gasteiger partial charge in [0.05, 0.1) is 11.0 Å². The molecular weight excluding hydrogens is 214 g/mol. The third-order valence-corrected chi connectivity index (χ3v) is 3.39. The Morgan fingerprint density at radius 1 is 1.47 bits per heavy atom. The Morgan fingerprint density at radius 2 is 2.29 bits per heavy atom. The van der Waals surface area contributed by atoms with Crippen molar-refractivity contribution in [2.75, 3.05) is 13.1 Å². The maximum atomic E-state index is 11.7. The van der Waals surface area contributed by atoms with E-state index < -0.39 is 0 Å². The van der Waals surface area contributed by atoms with Crippen LogP contribution in [0.1, 0.15) is 25.1 Å². The van der Waals surface area contributed by atoms with Crippen molar-refractivity contribution >= 4 is 16.9 Å². The van der Waals surface area contributed by atoms with Crippen LogP contribution in [-0.4, -0.2) is 33.9 Å². The Labute approximate surface area is 99.6 Å². The van der Waals surface area contributed by atoms with Crippen LogP contribution in [0.4, 0.5) is 0 Å². The lowest BCUT2D eigenvalue weighted by Crippen LogP contribution is -2.24. The number of hydrogen-bond acceptors (Lipinski definition) is 2. The molecule has 4 heteroatoms. The number of imidazole rings is 1. The second-order valence-electron chi connectivity index (χ2n) is 4.47. The zero-order valence-electron chi connectivity index (χ0n) is 9.81. The fourth-order valence-corrected chi connectivity index (χ4v) is 2.43. The average Bonchev–Trinajstić information content (AvgIpc) is 2.91. The molecule has 0 aliphatic carbocycles. The third-order valence-electron chi connectivity index (χ3n) is 3.39. The molecular formula is C13H15N3O. The van der Waals surface area contributed by atoms with E-state index in [4.69, 9.17) is 0 Å². The topological polar surface area (TPSA) is 49.0 Å². The van der Waals surface area contributed by atoms with Gasteiger partial charge in [-0.05, 0) is 19.1 Å². The molecule has 0 unspecified atom stereocenters. The predicted octanol–water partition coefficient (Wildman–Crippen LogP) is 1.90. The van der Waals surface area contributed by atoms with Gasteiger partial charge in [0.15, 0.2) is 0 Å². The minimum atomic E-state index is 0.217. The van der Waals surface area contributed by atoms with E-state index in [2.05, 4.69) is 9.97 Å². The first-order chi connectivity index (χ1) is 8.28. The van der Waals surface area contributed by atoms with Crippen LogP contribution in [0.25, 0.3) is 11.0 Å². The Kier molecular flexibility index (Phi) is 2.35. The second-order valence-corrected chi connectivity index (χ2v) is 4.47. The Bertz CT molecular complexity index is 528. The van der Waals surface area contributed by atoms with E-state index in [1.54, 1.807) is 0 Å². The van der Waals surface area contributed by atoms with Crippen LogP contribution in [0.15, 0.2) is 24.3 Å². The smallest absolute Gasteiger partial charge is 0.223 e. The molecule has 2 aromatic rings. The molecule has 17 heavy (non-hydrogen) atoms. The maximum absolute atomic E-state index is 11.7. The number of nitrogens with zero attached hydrogens (tertiary/aromatic N) is 2. The number of hydrogen-bond donors (Lipinski definition) is 1. The van der Waals surface area contributed by atoms with E-state index in [1.165, 1.54) is 0 Å². The number of carbonyl (C=O) groups excluding carboxylic acids is 1. The molecule has 0 bridgehead atoms. The summed E-state index contributed by atoms with van der Waals surface area (Å²) in [5.41, 5.74) is 2.02. The number of fused-ring (bicyclic) bond motifs is 1. The van der Waals surface area contributed by atoms with Crippen molar-refractivity contribution in [3.05, 3.63) is 30.1 Å². The third kappa shape index (κ3) is 1.69. The number of para-hydroxylation sites is 2. The summed E-state index contributed by atoms with van der Waals surface area (Å²) in [7, 11) is 0. The van der Waals surface area contributed by atoms with Crippen molar-refractivity contribution in [2.45, 2.75) is 19.3 Å². The van der Waals surface area contributed by atoms with Gasteiger partial charge in [-0.25, -0.2) is 4.98 Å². The molecule has 0 radical (unpaired) electrons. The highest BCUT2D eigenvalue weighted by atomic mass is 16.2. The largest absolute Gasteiger partial charge is 0.342 e. The molecule has 1 atom stereocenters. The molecule has 1 amide bonds. The van der Waals surface area contributed by atoms with Gasteiger partial charge in [-0.3, -0.25) is 4.79 Å². The lowest BCUT2D eigenvalue weighted by atomic mass is 10.1. The van der Waals surface area contributed by atoms with Gasteiger partial charge >= 0.3 is 0 Å². The van der Waals surface area contributed by atoms with Crippen molar-refractivity contribution in [2.24, 2.45) is 0 Å². The number of aromatic nitrogens is 2. The maximum Gasteiger partial charge on any atom is 0.223 e. The van der Waals surface area contributed by atoms with Crippen molar-refractivity contribution in [3.8, 4) is 0 Å². The van der Waals surface area contributed by atoms with Crippen LogP contribution in [0.5, 0.6) is 0 Å². The van der Waals surface area contributed by atoms with Crippen molar-refractivity contribution in [3.63, 3.8) is 0 Å². The van der Waals surface area contributed by atoms with Crippen molar-refractivity contribution in [1.29, 1.82) is 0 Å². The first-order valence-electron chi connectivity index (χ1n) is 6.00. The standard InChI is InChI=1S/C13H15N3O/c1-2-16-8-9(7-12(16)17)13-14-10-5-3-4-6-11(10)15-13/h3-6,9H,2,7-8H2,1H3,(H,14,15)/t9-/m0/s1. The van der Waals surface area contributed by atoms with Gasteiger partial charge in [-0.2, -0.15) is 0 Å². The summed E-state index contributed by atoms with van der Waals surface area (Å²) in [5.74, 6) is 1.39. The molecule has 1 aliphatic rings. The van der Waals surface area contributed by atoms with Crippen LogP contribution in [0, 0.1) is 0 Å². The summed E-state index contributed by atoms with van der Waals surface area (Å²) in [4.78, 5) is 21.5. The fourth-order valence-electron chi connectivity index (χ4n) is 2.43. The lowest BCUT2D eigenvalue weighted by Gasteiger charge is -2.12. The number of amides is 1. The number of aromatic amines is 1. The summed E-state index contributed by atoms with van der Waals surface area (Å²) in [6.07, 6.45) is 0.577. The van der Waals surface area contributed by atoms with Gasteiger partial charge in [0, 0.05) is 25.4 Å². The molecule has 1 N–H and O–H groups in total. The summed E-state index contributed by atoms with van der Waals surface area (Å²) in [6, 6.07) is 7.97. The summed E-state index contributed by atoms with van der Waals surface area (Å²) < 4.78 is 0.